The Bertz CT molecular complexity index is 645. The van der Waals surface area contributed by atoms with Gasteiger partial charge >= 0.3 is 0 Å². The Morgan fingerprint density at radius 1 is 1.20 bits per heavy atom. The lowest BCUT2D eigenvalue weighted by atomic mass is 10.0. The Morgan fingerprint density at radius 3 is 2.68 bits per heavy atom. The molecule has 5 heteroatoms. The van der Waals surface area contributed by atoms with Crippen molar-refractivity contribution in [2.45, 2.75) is 59.2 Å². The van der Waals surface area contributed by atoms with E-state index in [9.17, 15) is 0 Å². The van der Waals surface area contributed by atoms with Crippen LogP contribution in [0.1, 0.15) is 51.4 Å². The van der Waals surface area contributed by atoms with Crippen molar-refractivity contribution in [1.82, 2.24) is 14.9 Å². The SMILES string of the molecule is CC(C)CCCC(C)NC(N)=NCc1nccn1Cc1ccccc1. The molecule has 0 saturated heterocycles. The predicted octanol–water partition coefficient (Wildman–Crippen LogP) is 3.55. The third-order valence-electron chi connectivity index (χ3n) is 4.20. The normalized spacial score (nSPS) is 13.2. The quantitative estimate of drug-likeness (QED) is 0.541. The molecular weight excluding hydrogens is 310 g/mol. The minimum Gasteiger partial charge on any atom is -0.370 e. The molecule has 1 atom stereocenters. The number of nitrogens with zero attached hydrogens (tertiary/aromatic N) is 3. The lowest BCUT2D eigenvalue weighted by molar-refractivity contribution is 0.493. The molecule has 0 radical (unpaired) electrons. The van der Waals surface area contributed by atoms with E-state index in [1.165, 1.54) is 18.4 Å². The number of imidazole rings is 1. The van der Waals surface area contributed by atoms with Gasteiger partial charge in [-0.2, -0.15) is 0 Å². The van der Waals surface area contributed by atoms with Crippen LogP contribution in [0, 0.1) is 5.92 Å². The summed E-state index contributed by atoms with van der Waals surface area (Å²) in [7, 11) is 0. The maximum Gasteiger partial charge on any atom is 0.189 e. The molecule has 136 valence electrons. The van der Waals surface area contributed by atoms with E-state index in [4.69, 9.17) is 5.73 Å². The molecule has 0 bridgehead atoms. The maximum absolute atomic E-state index is 6.03. The second-order valence-corrected chi connectivity index (χ2v) is 7.03. The van der Waals surface area contributed by atoms with E-state index in [2.05, 4.69) is 52.8 Å². The van der Waals surface area contributed by atoms with Gasteiger partial charge in [0.25, 0.3) is 0 Å². The first-order valence-corrected chi connectivity index (χ1v) is 9.15. The highest BCUT2D eigenvalue weighted by Gasteiger charge is 2.06. The minimum atomic E-state index is 0.339. The fraction of sp³-hybridized carbons (Fsp3) is 0.500. The smallest absolute Gasteiger partial charge is 0.189 e. The van der Waals surface area contributed by atoms with Gasteiger partial charge in [0.1, 0.15) is 12.4 Å². The van der Waals surface area contributed by atoms with Gasteiger partial charge in [-0.3, -0.25) is 0 Å². The van der Waals surface area contributed by atoms with Crippen molar-refractivity contribution in [3.05, 3.63) is 54.1 Å². The number of aromatic nitrogens is 2. The van der Waals surface area contributed by atoms with E-state index >= 15 is 0 Å². The summed E-state index contributed by atoms with van der Waals surface area (Å²) in [5, 5.41) is 3.28. The highest BCUT2D eigenvalue weighted by molar-refractivity contribution is 5.78. The highest BCUT2D eigenvalue weighted by Crippen LogP contribution is 2.08. The van der Waals surface area contributed by atoms with E-state index in [1.807, 2.05) is 30.6 Å². The molecule has 1 unspecified atom stereocenters. The summed E-state index contributed by atoms with van der Waals surface area (Å²) in [6, 6.07) is 10.7. The van der Waals surface area contributed by atoms with Crippen LogP contribution in [0.2, 0.25) is 0 Å². The van der Waals surface area contributed by atoms with Gasteiger partial charge in [0.2, 0.25) is 0 Å². The van der Waals surface area contributed by atoms with Crippen LogP contribution in [0.15, 0.2) is 47.7 Å². The van der Waals surface area contributed by atoms with Crippen LogP contribution in [0.4, 0.5) is 0 Å². The predicted molar refractivity (Wildman–Crippen MR) is 104 cm³/mol. The Labute approximate surface area is 151 Å². The lowest BCUT2D eigenvalue weighted by Gasteiger charge is -2.15. The second-order valence-electron chi connectivity index (χ2n) is 7.03. The van der Waals surface area contributed by atoms with Crippen LogP contribution in [0.5, 0.6) is 0 Å². The third-order valence-corrected chi connectivity index (χ3v) is 4.20. The average molecular weight is 342 g/mol. The molecule has 0 aliphatic carbocycles. The number of nitrogens with two attached hydrogens (primary N) is 1. The topological polar surface area (TPSA) is 68.2 Å². The molecule has 25 heavy (non-hydrogen) atoms. The molecule has 1 aromatic carbocycles. The summed E-state index contributed by atoms with van der Waals surface area (Å²) in [6.07, 6.45) is 7.36. The third kappa shape index (κ3) is 6.99. The fourth-order valence-electron chi connectivity index (χ4n) is 2.77. The largest absolute Gasteiger partial charge is 0.370 e. The van der Waals surface area contributed by atoms with E-state index in [0.29, 0.717) is 18.5 Å². The molecule has 2 aromatic rings. The Morgan fingerprint density at radius 2 is 1.96 bits per heavy atom. The molecule has 0 aliphatic rings. The lowest BCUT2D eigenvalue weighted by Crippen LogP contribution is -2.38. The average Bonchev–Trinajstić information content (AvgIpc) is 3.00. The van der Waals surface area contributed by atoms with E-state index in [1.54, 1.807) is 0 Å². The monoisotopic (exact) mass is 341 g/mol. The summed E-state index contributed by atoms with van der Waals surface area (Å²) in [6.45, 7) is 7.94. The number of rotatable bonds is 9. The second kappa shape index (κ2) is 9.87. The van der Waals surface area contributed by atoms with Gasteiger partial charge in [-0.05, 0) is 24.8 Å². The van der Waals surface area contributed by atoms with Crippen LogP contribution < -0.4 is 11.1 Å². The molecule has 2 rings (SSSR count). The van der Waals surface area contributed by atoms with Gasteiger partial charge < -0.3 is 15.6 Å². The van der Waals surface area contributed by atoms with Crippen LogP contribution in [-0.4, -0.2) is 21.6 Å². The summed E-state index contributed by atoms with van der Waals surface area (Å²) >= 11 is 0. The zero-order chi connectivity index (χ0) is 18.1. The van der Waals surface area contributed by atoms with Crippen LogP contribution >= 0.6 is 0 Å². The van der Waals surface area contributed by atoms with Crippen molar-refractivity contribution < 1.29 is 0 Å². The summed E-state index contributed by atoms with van der Waals surface area (Å²) in [4.78, 5) is 8.86. The van der Waals surface area contributed by atoms with Crippen LogP contribution in [-0.2, 0) is 13.1 Å². The number of guanidine groups is 1. The maximum atomic E-state index is 6.03. The molecule has 0 aliphatic heterocycles. The number of hydrogen-bond acceptors (Lipinski definition) is 2. The molecule has 3 N–H and O–H groups in total. The van der Waals surface area contributed by atoms with Gasteiger partial charge in [0.05, 0.1) is 0 Å². The number of hydrogen-bond donors (Lipinski definition) is 2. The standard InChI is InChI=1S/C20H31N5/c1-16(2)8-7-9-17(3)24-20(21)23-14-19-22-12-13-25(19)15-18-10-5-4-6-11-18/h4-6,10-13,16-17H,7-9,14-15H2,1-3H3,(H3,21,23,24). The van der Waals surface area contributed by atoms with Crippen molar-refractivity contribution >= 4 is 5.96 Å². The van der Waals surface area contributed by atoms with Gasteiger partial charge in [-0.15, -0.1) is 0 Å². The van der Waals surface area contributed by atoms with Gasteiger partial charge in [-0.1, -0.05) is 57.0 Å². The highest BCUT2D eigenvalue weighted by atomic mass is 15.1. The number of nitrogens with one attached hydrogen (secondary N) is 1. The zero-order valence-corrected chi connectivity index (χ0v) is 15.7. The molecule has 1 heterocycles. The molecule has 5 nitrogen and oxygen atoms in total. The van der Waals surface area contributed by atoms with Crippen molar-refractivity contribution in [2.75, 3.05) is 0 Å². The van der Waals surface area contributed by atoms with Gasteiger partial charge in [0.15, 0.2) is 5.96 Å². The van der Waals surface area contributed by atoms with E-state index in [0.717, 1.165) is 24.7 Å². The van der Waals surface area contributed by atoms with Crippen LogP contribution in [0.25, 0.3) is 0 Å². The number of aliphatic imine (C=N–C) groups is 1. The molecule has 1 aromatic heterocycles. The van der Waals surface area contributed by atoms with Crippen LogP contribution in [0.3, 0.4) is 0 Å². The summed E-state index contributed by atoms with van der Waals surface area (Å²) in [5.74, 6) is 2.16. The van der Waals surface area contributed by atoms with E-state index < -0.39 is 0 Å². The van der Waals surface area contributed by atoms with Gasteiger partial charge in [0, 0.05) is 25.0 Å². The van der Waals surface area contributed by atoms with Crippen molar-refractivity contribution in [3.63, 3.8) is 0 Å². The zero-order valence-electron chi connectivity index (χ0n) is 15.7. The van der Waals surface area contributed by atoms with Gasteiger partial charge in [-0.25, -0.2) is 9.98 Å². The van der Waals surface area contributed by atoms with Crippen molar-refractivity contribution in [1.29, 1.82) is 0 Å². The fourth-order valence-corrected chi connectivity index (χ4v) is 2.77. The van der Waals surface area contributed by atoms with Crippen molar-refractivity contribution in [3.8, 4) is 0 Å². The first kappa shape index (κ1) is 19.0. The Hall–Kier alpha value is -2.30. The van der Waals surface area contributed by atoms with Crippen molar-refractivity contribution in [2.24, 2.45) is 16.6 Å². The Balaban J connectivity index is 1.83. The molecule has 0 saturated carbocycles. The minimum absolute atomic E-state index is 0.339. The molecular formula is C20H31N5. The number of benzene rings is 1. The first-order valence-electron chi connectivity index (χ1n) is 9.15. The molecule has 0 spiro atoms. The summed E-state index contributed by atoms with van der Waals surface area (Å²) in [5.41, 5.74) is 7.27. The first-order chi connectivity index (χ1) is 12.0. The summed E-state index contributed by atoms with van der Waals surface area (Å²) < 4.78 is 2.11. The molecule has 0 amide bonds. The van der Waals surface area contributed by atoms with E-state index in [-0.39, 0.29) is 0 Å². The Kier molecular flexibility index (Phi) is 7.51. The molecule has 0 fully saturated rings.